The monoisotopic (exact) mass is 522 g/mol. The van der Waals surface area contributed by atoms with Crippen LogP contribution in [-0.4, -0.2) is 24.9 Å². The van der Waals surface area contributed by atoms with Crippen LogP contribution < -0.4 is 9.62 Å². The van der Waals surface area contributed by atoms with Gasteiger partial charge >= 0.3 is 0 Å². The summed E-state index contributed by atoms with van der Waals surface area (Å²) in [6.45, 7) is 0.725. The minimum Gasteiger partial charge on any atom is -0.326 e. The van der Waals surface area contributed by atoms with Crippen molar-refractivity contribution in [2.45, 2.75) is 11.3 Å². The molecule has 0 bridgehead atoms. The lowest BCUT2D eigenvalue weighted by Crippen LogP contribution is -2.15. The van der Waals surface area contributed by atoms with Gasteiger partial charge in [0, 0.05) is 29.6 Å². The van der Waals surface area contributed by atoms with E-state index in [2.05, 4.69) is 26.5 Å². The number of anilines is 3. The maximum atomic E-state index is 15.1. The summed E-state index contributed by atoms with van der Waals surface area (Å²) in [6.07, 6.45) is 3.32. The molecule has 2 aromatic carbocycles. The van der Waals surface area contributed by atoms with Crippen LogP contribution >= 0.6 is 11.6 Å². The summed E-state index contributed by atoms with van der Waals surface area (Å²) in [5, 5.41) is 0.625. The summed E-state index contributed by atoms with van der Waals surface area (Å²) in [7, 11) is -4.12. The minimum absolute atomic E-state index is 0.158. The molecular formula is C26H17ClF2N4O2S. The van der Waals surface area contributed by atoms with Crippen LogP contribution in [0.2, 0.25) is 5.02 Å². The Morgan fingerprint density at radius 2 is 1.81 bits per heavy atom. The van der Waals surface area contributed by atoms with Crippen molar-refractivity contribution in [2.24, 2.45) is 0 Å². The van der Waals surface area contributed by atoms with Crippen molar-refractivity contribution in [3.63, 3.8) is 0 Å². The Kier molecular flexibility index (Phi) is 6.31. The second kappa shape index (κ2) is 9.57. The number of halogens is 3. The predicted octanol–water partition coefficient (Wildman–Crippen LogP) is 5.30. The first kappa shape index (κ1) is 23.7. The second-order valence-electron chi connectivity index (χ2n) is 7.89. The summed E-state index contributed by atoms with van der Waals surface area (Å²) < 4.78 is 56.7. The number of rotatable bonds is 4. The van der Waals surface area contributed by atoms with Gasteiger partial charge < -0.3 is 4.90 Å². The Labute approximate surface area is 211 Å². The van der Waals surface area contributed by atoms with E-state index in [1.54, 1.807) is 18.2 Å². The van der Waals surface area contributed by atoms with E-state index in [0.717, 1.165) is 42.5 Å². The quantitative estimate of drug-likeness (QED) is 0.368. The first-order valence-corrected chi connectivity index (χ1v) is 12.6. The van der Waals surface area contributed by atoms with Crippen molar-refractivity contribution in [3.8, 4) is 11.8 Å². The Hall–Kier alpha value is -4.00. The van der Waals surface area contributed by atoms with Crippen molar-refractivity contribution in [1.29, 1.82) is 0 Å². The van der Waals surface area contributed by atoms with Crippen LogP contribution in [0.3, 0.4) is 0 Å². The molecule has 1 N–H and O–H groups in total. The highest BCUT2D eigenvalue weighted by molar-refractivity contribution is 7.92. The van der Waals surface area contributed by atoms with Crippen LogP contribution in [0.4, 0.5) is 26.0 Å². The van der Waals surface area contributed by atoms with Crippen LogP contribution in [0.15, 0.2) is 78.0 Å². The van der Waals surface area contributed by atoms with Crippen LogP contribution in [0.5, 0.6) is 0 Å². The normalized spacial score (nSPS) is 12.6. The Morgan fingerprint density at radius 1 is 1.00 bits per heavy atom. The third-order valence-corrected chi connectivity index (χ3v) is 7.15. The van der Waals surface area contributed by atoms with Gasteiger partial charge in [0.05, 0.1) is 11.3 Å². The van der Waals surface area contributed by atoms with E-state index in [-0.39, 0.29) is 4.90 Å². The van der Waals surface area contributed by atoms with E-state index >= 15 is 4.39 Å². The number of nitrogens with zero attached hydrogens (tertiary/aromatic N) is 3. The third-order valence-electron chi connectivity index (χ3n) is 5.55. The molecule has 0 fully saturated rings. The standard InChI is InChI=1S/C26H17ClF2N4O2S/c27-18-4-8-20(9-5-18)33-15-13-17-3-6-19(31-26(17)33)7-10-22-23(28)11-12-24(25(22)29)32-36(34,35)21-2-1-14-30-16-21/h1-6,8-9,11-12,14,16,32H,13,15H2. The molecule has 0 unspecified atom stereocenters. The Balaban J connectivity index is 1.45. The van der Waals surface area contributed by atoms with Gasteiger partial charge in [-0.05, 0) is 72.5 Å². The number of hydrogen-bond donors (Lipinski definition) is 1. The molecule has 5 rings (SSSR count). The van der Waals surface area contributed by atoms with Crippen molar-refractivity contribution in [2.75, 3.05) is 16.2 Å². The van der Waals surface area contributed by atoms with E-state index in [4.69, 9.17) is 11.6 Å². The van der Waals surface area contributed by atoms with Crippen molar-refractivity contribution in [1.82, 2.24) is 9.97 Å². The fraction of sp³-hybridized carbons (Fsp3) is 0.0769. The van der Waals surface area contributed by atoms with Crippen molar-refractivity contribution >= 4 is 38.8 Å². The molecule has 1 aliphatic heterocycles. The van der Waals surface area contributed by atoms with Crippen LogP contribution in [0.25, 0.3) is 0 Å². The summed E-state index contributed by atoms with van der Waals surface area (Å²) in [5.74, 6) is 3.83. The molecular weight excluding hydrogens is 506 g/mol. The van der Waals surface area contributed by atoms with E-state index in [1.807, 2.05) is 23.1 Å². The molecule has 0 amide bonds. The molecule has 180 valence electrons. The number of sulfonamides is 1. The summed E-state index contributed by atoms with van der Waals surface area (Å²) in [5.41, 5.74) is 1.26. The molecule has 0 aliphatic carbocycles. The second-order valence-corrected chi connectivity index (χ2v) is 10.0. The van der Waals surface area contributed by atoms with Gasteiger partial charge in [0.1, 0.15) is 22.2 Å². The molecule has 2 aromatic heterocycles. The zero-order valence-corrected chi connectivity index (χ0v) is 20.1. The SMILES string of the molecule is O=S(=O)(Nc1ccc(F)c(C#Cc2ccc3c(n2)N(c2ccc(Cl)cc2)CC3)c1F)c1cccnc1. The van der Waals surface area contributed by atoms with Gasteiger partial charge in [-0.25, -0.2) is 22.2 Å². The van der Waals surface area contributed by atoms with Crippen molar-refractivity contribution < 1.29 is 17.2 Å². The minimum atomic E-state index is -4.12. The topological polar surface area (TPSA) is 75.2 Å². The predicted molar refractivity (Wildman–Crippen MR) is 134 cm³/mol. The number of aromatic nitrogens is 2. The lowest BCUT2D eigenvalue weighted by molar-refractivity contribution is 0.578. The molecule has 6 nitrogen and oxygen atoms in total. The van der Waals surface area contributed by atoms with Crippen LogP contribution in [0.1, 0.15) is 16.8 Å². The zero-order valence-electron chi connectivity index (χ0n) is 18.5. The zero-order chi connectivity index (χ0) is 25.3. The number of hydrogen-bond acceptors (Lipinski definition) is 5. The molecule has 1 aliphatic rings. The Morgan fingerprint density at radius 3 is 2.56 bits per heavy atom. The van der Waals surface area contributed by atoms with Gasteiger partial charge in [-0.3, -0.25) is 9.71 Å². The maximum Gasteiger partial charge on any atom is 0.263 e. The van der Waals surface area contributed by atoms with Gasteiger partial charge in [0.2, 0.25) is 0 Å². The average Bonchev–Trinajstić information content (AvgIpc) is 3.30. The highest BCUT2D eigenvalue weighted by atomic mass is 35.5. The van der Waals surface area contributed by atoms with Gasteiger partial charge in [-0.2, -0.15) is 0 Å². The molecule has 3 heterocycles. The molecule has 0 radical (unpaired) electrons. The van der Waals surface area contributed by atoms with E-state index in [0.29, 0.717) is 16.5 Å². The van der Waals surface area contributed by atoms with Gasteiger partial charge in [-0.15, -0.1) is 0 Å². The molecule has 0 saturated heterocycles. The van der Waals surface area contributed by atoms with Crippen LogP contribution in [0, 0.1) is 23.5 Å². The van der Waals surface area contributed by atoms with Crippen molar-refractivity contribution in [3.05, 3.63) is 107 Å². The molecule has 4 aromatic rings. The third kappa shape index (κ3) is 4.73. The first-order valence-electron chi connectivity index (χ1n) is 10.8. The lowest BCUT2D eigenvalue weighted by Gasteiger charge is -2.18. The smallest absolute Gasteiger partial charge is 0.263 e. The number of fused-ring (bicyclic) bond motifs is 1. The van der Waals surface area contributed by atoms with Gasteiger partial charge in [0.25, 0.3) is 10.0 Å². The van der Waals surface area contributed by atoms with Gasteiger partial charge in [0.15, 0.2) is 5.82 Å². The van der Waals surface area contributed by atoms with Gasteiger partial charge in [-0.1, -0.05) is 23.6 Å². The molecule has 0 atom stereocenters. The highest BCUT2D eigenvalue weighted by Crippen LogP contribution is 2.33. The number of nitrogens with one attached hydrogen (secondary N) is 1. The first-order chi connectivity index (χ1) is 17.3. The average molecular weight is 523 g/mol. The largest absolute Gasteiger partial charge is 0.326 e. The summed E-state index contributed by atoms with van der Waals surface area (Å²) in [4.78, 5) is 10.2. The number of benzene rings is 2. The lowest BCUT2D eigenvalue weighted by atomic mass is 10.1. The fourth-order valence-electron chi connectivity index (χ4n) is 3.77. The molecule has 0 saturated carbocycles. The highest BCUT2D eigenvalue weighted by Gasteiger charge is 2.23. The Bertz CT molecular complexity index is 1620. The van der Waals surface area contributed by atoms with E-state index in [9.17, 15) is 12.8 Å². The fourth-order valence-corrected chi connectivity index (χ4v) is 4.92. The molecule has 10 heteroatoms. The summed E-state index contributed by atoms with van der Waals surface area (Å²) in [6, 6.07) is 15.6. The molecule has 0 spiro atoms. The van der Waals surface area contributed by atoms with Crippen LogP contribution in [-0.2, 0) is 16.4 Å². The van der Waals surface area contributed by atoms with E-state index < -0.39 is 32.9 Å². The maximum absolute atomic E-state index is 15.1. The van der Waals surface area contributed by atoms with E-state index in [1.165, 1.54) is 18.3 Å². The summed E-state index contributed by atoms with van der Waals surface area (Å²) >= 11 is 5.99. The molecule has 36 heavy (non-hydrogen) atoms. The number of pyridine rings is 2.